The van der Waals surface area contributed by atoms with E-state index >= 15 is 0 Å². The number of carboxylic acid groups (broad SMARTS) is 1. The molecule has 4 nitrogen and oxygen atoms in total. The summed E-state index contributed by atoms with van der Waals surface area (Å²) in [5, 5.41) is 11.1. The van der Waals surface area contributed by atoms with Crippen LogP contribution in [0, 0.1) is 23.7 Å². The van der Waals surface area contributed by atoms with Crippen LogP contribution in [0.5, 0.6) is 0 Å². The maximum Gasteiger partial charge on any atom is 0.306 e. The Morgan fingerprint density at radius 1 is 0.857 bits per heavy atom. The van der Waals surface area contributed by atoms with Crippen LogP contribution in [0.25, 0.3) is 0 Å². The Hall–Kier alpha value is -3.06. The molecule has 0 heterocycles. The van der Waals surface area contributed by atoms with Crippen molar-refractivity contribution in [1.82, 2.24) is 0 Å². The van der Waals surface area contributed by atoms with Crippen LogP contribution in [-0.4, -0.2) is 17.0 Å². The third-order valence-corrected chi connectivity index (χ3v) is 4.37. The number of amides is 1. The summed E-state index contributed by atoms with van der Waals surface area (Å²) in [4.78, 5) is 21.7. The van der Waals surface area contributed by atoms with Gasteiger partial charge in [0.25, 0.3) is 0 Å². The van der Waals surface area contributed by atoms with E-state index < -0.39 is 5.97 Å². The van der Waals surface area contributed by atoms with Gasteiger partial charge in [-0.15, -0.1) is 0 Å². The molecule has 0 bridgehead atoms. The summed E-state index contributed by atoms with van der Waals surface area (Å²) in [6.45, 7) is 7.49. The van der Waals surface area contributed by atoms with Crippen molar-refractivity contribution >= 4 is 17.6 Å². The fraction of sp³-hybridized carbons (Fsp3) is 0.333. The van der Waals surface area contributed by atoms with Crippen LogP contribution in [0.15, 0.2) is 54.6 Å². The molecule has 0 radical (unpaired) electrons. The second kappa shape index (κ2) is 12.3. The number of carboxylic acids is 1. The Morgan fingerprint density at radius 2 is 1.36 bits per heavy atom. The first kappa shape index (κ1) is 23.0. The number of carbonyl (C=O) groups excluding carboxylic acids is 1. The highest BCUT2D eigenvalue weighted by Gasteiger charge is 2.09. The average Bonchev–Trinajstić information content (AvgIpc) is 2.73. The minimum absolute atomic E-state index is 0.0301. The Labute approximate surface area is 168 Å². The van der Waals surface area contributed by atoms with Crippen molar-refractivity contribution < 1.29 is 14.7 Å². The predicted octanol–water partition coefficient (Wildman–Crippen LogP) is 5.19. The maximum atomic E-state index is 11.8. The van der Waals surface area contributed by atoms with Gasteiger partial charge >= 0.3 is 5.97 Å². The number of carbonyl (C=O) groups is 2. The van der Waals surface area contributed by atoms with Crippen LogP contribution >= 0.6 is 0 Å². The third kappa shape index (κ3) is 8.55. The Kier molecular flexibility index (Phi) is 10.1. The zero-order chi connectivity index (χ0) is 20.9. The van der Waals surface area contributed by atoms with E-state index in [-0.39, 0.29) is 17.7 Å². The number of anilines is 1. The lowest BCUT2D eigenvalue weighted by Gasteiger charge is -2.09. The van der Waals surface area contributed by atoms with E-state index in [4.69, 9.17) is 5.11 Å². The number of aliphatic carboxylic acids is 1. The van der Waals surface area contributed by atoms with E-state index in [0.717, 1.165) is 29.7 Å². The van der Waals surface area contributed by atoms with Crippen molar-refractivity contribution in [2.45, 2.75) is 40.5 Å². The van der Waals surface area contributed by atoms with Gasteiger partial charge < -0.3 is 10.4 Å². The predicted molar refractivity (Wildman–Crippen MR) is 114 cm³/mol. The van der Waals surface area contributed by atoms with E-state index in [2.05, 4.69) is 17.2 Å². The molecule has 0 saturated heterocycles. The topological polar surface area (TPSA) is 66.4 Å². The number of hydrogen-bond donors (Lipinski definition) is 2. The van der Waals surface area contributed by atoms with Gasteiger partial charge in [0, 0.05) is 22.7 Å². The Morgan fingerprint density at radius 3 is 1.79 bits per heavy atom. The van der Waals surface area contributed by atoms with E-state index in [0.29, 0.717) is 0 Å². The highest BCUT2D eigenvalue weighted by Crippen LogP contribution is 2.12. The van der Waals surface area contributed by atoms with Gasteiger partial charge in [0.15, 0.2) is 0 Å². The lowest BCUT2D eigenvalue weighted by molar-refractivity contribution is -0.141. The zero-order valence-electron chi connectivity index (χ0n) is 17.0. The van der Waals surface area contributed by atoms with Crippen molar-refractivity contribution in [2.75, 3.05) is 5.32 Å². The fourth-order valence-corrected chi connectivity index (χ4v) is 1.93. The molecule has 2 unspecified atom stereocenters. The standard InChI is InChI=1S/C19H19NO.C5H10O2/c1-3-15(2)19(21)20-18-13-11-17(12-14-18)10-9-16-7-5-4-6-8-16;1-3-4(2)5(6)7/h4-8,11-15H,3H2,1-2H3,(H,20,21);4H,3H2,1-2H3,(H,6,7). The second-order valence-electron chi connectivity index (χ2n) is 6.64. The lowest BCUT2D eigenvalue weighted by Crippen LogP contribution is -2.19. The monoisotopic (exact) mass is 379 g/mol. The molecule has 0 aliphatic rings. The first-order valence-electron chi connectivity index (χ1n) is 9.58. The van der Waals surface area contributed by atoms with Gasteiger partial charge in [-0.3, -0.25) is 9.59 Å². The molecule has 0 spiro atoms. The molecule has 28 heavy (non-hydrogen) atoms. The number of benzene rings is 2. The SMILES string of the molecule is CCC(C)C(=O)Nc1ccc(C#Cc2ccccc2)cc1.CCC(C)C(=O)O. The van der Waals surface area contributed by atoms with Gasteiger partial charge in [0.05, 0.1) is 5.92 Å². The highest BCUT2D eigenvalue weighted by atomic mass is 16.4. The van der Waals surface area contributed by atoms with Crippen LogP contribution in [-0.2, 0) is 9.59 Å². The van der Waals surface area contributed by atoms with Gasteiger partial charge in [-0.1, -0.05) is 57.7 Å². The largest absolute Gasteiger partial charge is 0.481 e. The fourth-order valence-electron chi connectivity index (χ4n) is 1.93. The molecular formula is C24H29NO3. The molecule has 4 heteroatoms. The van der Waals surface area contributed by atoms with E-state index in [1.165, 1.54) is 0 Å². The third-order valence-electron chi connectivity index (χ3n) is 4.37. The molecule has 1 amide bonds. The summed E-state index contributed by atoms with van der Waals surface area (Å²) in [7, 11) is 0. The van der Waals surface area contributed by atoms with Crippen molar-refractivity contribution in [3.8, 4) is 11.8 Å². The van der Waals surface area contributed by atoms with Gasteiger partial charge in [0.1, 0.15) is 0 Å². The number of nitrogens with one attached hydrogen (secondary N) is 1. The molecule has 2 rings (SSSR count). The first-order valence-corrected chi connectivity index (χ1v) is 9.58. The van der Waals surface area contributed by atoms with Gasteiger partial charge in [-0.25, -0.2) is 0 Å². The molecular weight excluding hydrogens is 350 g/mol. The first-order chi connectivity index (χ1) is 13.4. The van der Waals surface area contributed by atoms with Crippen molar-refractivity contribution in [3.05, 3.63) is 65.7 Å². The maximum absolute atomic E-state index is 11.8. The minimum Gasteiger partial charge on any atom is -0.481 e. The summed E-state index contributed by atoms with van der Waals surface area (Å²) in [5.74, 6) is 5.42. The molecule has 2 aromatic carbocycles. The van der Waals surface area contributed by atoms with E-state index in [1.54, 1.807) is 6.92 Å². The van der Waals surface area contributed by atoms with Crippen LogP contribution in [0.3, 0.4) is 0 Å². The average molecular weight is 380 g/mol. The van der Waals surface area contributed by atoms with E-state index in [9.17, 15) is 9.59 Å². The molecule has 0 aliphatic heterocycles. The molecule has 2 atom stereocenters. The van der Waals surface area contributed by atoms with Crippen LogP contribution in [0.4, 0.5) is 5.69 Å². The Balaban J connectivity index is 0.000000480. The zero-order valence-corrected chi connectivity index (χ0v) is 17.0. The summed E-state index contributed by atoms with van der Waals surface area (Å²) in [6, 6.07) is 17.5. The quantitative estimate of drug-likeness (QED) is 0.703. The summed E-state index contributed by atoms with van der Waals surface area (Å²) >= 11 is 0. The van der Waals surface area contributed by atoms with Gasteiger partial charge in [-0.2, -0.15) is 0 Å². The van der Waals surface area contributed by atoms with Crippen molar-refractivity contribution in [1.29, 1.82) is 0 Å². The van der Waals surface area contributed by atoms with Crippen molar-refractivity contribution in [2.24, 2.45) is 11.8 Å². The van der Waals surface area contributed by atoms with E-state index in [1.807, 2.05) is 75.4 Å². The molecule has 0 saturated carbocycles. The molecule has 2 N–H and O–H groups in total. The molecule has 0 fully saturated rings. The van der Waals surface area contributed by atoms with Crippen LogP contribution in [0.1, 0.15) is 51.7 Å². The number of hydrogen-bond acceptors (Lipinski definition) is 2. The highest BCUT2D eigenvalue weighted by molar-refractivity contribution is 5.92. The smallest absolute Gasteiger partial charge is 0.306 e. The second-order valence-corrected chi connectivity index (χ2v) is 6.64. The van der Waals surface area contributed by atoms with Gasteiger partial charge in [-0.05, 0) is 49.2 Å². The normalized spacial score (nSPS) is 11.7. The lowest BCUT2D eigenvalue weighted by atomic mass is 10.1. The van der Waals surface area contributed by atoms with Gasteiger partial charge in [0.2, 0.25) is 5.91 Å². The summed E-state index contributed by atoms with van der Waals surface area (Å²) in [5.41, 5.74) is 2.73. The Bertz CT molecular complexity index is 801. The molecule has 0 aliphatic carbocycles. The molecule has 0 aromatic heterocycles. The molecule has 148 valence electrons. The summed E-state index contributed by atoms with van der Waals surface area (Å²) in [6.07, 6.45) is 1.56. The van der Waals surface area contributed by atoms with Crippen LogP contribution < -0.4 is 5.32 Å². The minimum atomic E-state index is -0.706. The molecule has 2 aromatic rings. The van der Waals surface area contributed by atoms with Crippen molar-refractivity contribution in [3.63, 3.8) is 0 Å². The van der Waals surface area contributed by atoms with Crippen LogP contribution in [0.2, 0.25) is 0 Å². The number of rotatable bonds is 5. The summed E-state index contributed by atoms with van der Waals surface area (Å²) < 4.78 is 0.